The molecule has 0 spiro atoms. The maximum Gasteiger partial charge on any atom is 0.343 e. The second kappa shape index (κ2) is 14.4. The summed E-state index contributed by atoms with van der Waals surface area (Å²) in [6.45, 7) is 5.48. The number of carbonyl (C=O) groups excluding carboxylic acids is 3. The van der Waals surface area contributed by atoms with E-state index in [9.17, 15) is 29.7 Å². The van der Waals surface area contributed by atoms with E-state index >= 15 is 0 Å². The highest BCUT2D eigenvalue weighted by atomic mass is 16.6. The number of esters is 1. The van der Waals surface area contributed by atoms with Gasteiger partial charge in [0.2, 0.25) is 5.78 Å². The average molecular weight is 560 g/mol. The lowest BCUT2D eigenvalue weighted by atomic mass is 9.76. The number of rotatable bonds is 13. The first-order valence-electron chi connectivity index (χ1n) is 13.6. The van der Waals surface area contributed by atoms with Crippen LogP contribution >= 0.6 is 0 Å². The predicted octanol–water partition coefficient (Wildman–Crippen LogP) is 4.25. The van der Waals surface area contributed by atoms with Gasteiger partial charge >= 0.3 is 5.97 Å². The Bertz CT molecular complexity index is 1360. The minimum Gasteiger partial charge on any atom is -0.507 e. The highest BCUT2D eigenvalue weighted by molar-refractivity contribution is 6.15. The number of hydrogen-bond acceptors (Lipinski definition) is 8. The van der Waals surface area contributed by atoms with Crippen LogP contribution in [0.4, 0.5) is 0 Å². The van der Waals surface area contributed by atoms with Gasteiger partial charge in [0.25, 0.3) is 0 Å². The number of allylic oxidation sites excluding steroid dienone is 7. The zero-order valence-corrected chi connectivity index (χ0v) is 23.5. The van der Waals surface area contributed by atoms with Crippen molar-refractivity contribution in [2.24, 2.45) is 5.92 Å². The van der Waals surface area contributed by atoms with Crippen LogP contribution in [0.3, 0.4) is 0 Å². The Kier molecular flexibility index (Phi) is 11.0. The van der Waals surface area contributed by atoms with Gasteiger partial charge in [0.05, 0.1) is 12.7 Å². The number of benzene rings is 1. The summed E-state index contributed by atoms with van der Waals surface area (Å²) in [4.78, 5) is 39.0. The predicted molar refractivity (Wildman–Crippen MR) is 156 cm³/mol. The number of aliphatic hydroxyl groups is 3. The molecule has 2 unspecified atom stereocenters. The van der Waals surface area contributed by atoms with Gasteiger partial charge in [-0.1, -0.05) is 81.0 Å². The quantitative estimate of drug-likeness (QED) is 0.122. The second-order valence-corrected chi connectivity index (χ2v) is 10.1. The molecule has 3 rings (SSSR count). The summed E-state index contributed by atoms with van der Waals surface area (Å²) < 4.78 is 5.47. The lowest BCUT2D eigenvalue weighted by molar-refractivity contribution is -0.152. The molecule has 2 aliphatic rings. The van der Waals surface area contributed by atoms with Crippen molar-refractivity contribution < 1.29 is 34.4 Å². The maximum absolute atomic E-state index is 13.7. The number of ketones is 2. The van der Waals surface area contributed by atoms with Crippen molar-refractivity contribution in [3.8, 4) is 0 Å². The minimum atomic E-state index is -1.74. The van der Waals surface area contributed by atoms with Crippen molar-refractivity contribution in [1.82, 2.24) is 5.32 Å². The molecule has 8 nitrogen and oxygen atoms in total. The van der Waals surface area contributed by atoms with E-state index in [1.165, 1.54) is 31.4 Å². The minimum absolute atomic E-state index is 0.0773. The molecule has 0 radical (unpaired) electrons. The van der Waals surface area contributed by atoms with Gasteiger partial charge in [-0.3, -0.25) is 9.59 Å². The van der Waals surface area contributed by atoms with E-state index in [0.717, 1.165) is 18.1 Å². The molecule has 0 bridgehead atoms. The summed E-state index contributed by atoms with van der Waals surface area (Å²) in [5, 5.41) is 33.4. The van der Waals surface area contributed by atoms with Crippen LogP contribution in [-0.2, 0) is 25.7 Å². The van der Waals surface area contributed by atoms with E-state index in [1.807, 2.05) is 42.5 Å². The summed E-state index contributed by atoms with van der Waals surface area (Å²) in [6.07, 6.45) is 13.8. The molecular formula is C33H37NO7. The first kappa shape index (κ1) is 31.3. The van der Waals surface area contributed by atoms with E-state index in [-0.39, 0.29) is 23.1 Å². The first-order chi connectivity index (χ1) is 19.6. The Morgan fingerprint density at radius 3 is 2.51 bits per heavy atom. The SMILES string of the molecule is CCC(C)/C=C/C=C/C=C/C(=O)/C=C(\O)C1=C2C=C(CC(O)CO)/C(=C/NCc3ccccc3)C(=O)[C@]2(C)OC1=O. The smallest absolute Gasteiger partial charge is 0.343 e. The highest BCUT2D eigenvalue weighted by Gasteiger charge is 2.53. The molecule has 3 atom stereocenters. The number of nitrogens with one attached hydrogen (secondary N) is 1. The number of ether oxygens (including phenoxy) is 1. The number of hydrogen-bond donors (Lipinski definition) is 4. The first-order valence-corrected chi connectivity index (χ1v) is 13.6. The zero-order valence-electron chi connectivity index (χ0n) is 23.5. The summed E-state index contributed by atoms with van der Waals surface area (Å²) in [6, 6.07) is 9.50. The second-order valence-electron chi connectivity index (χ2n) is 10.1. The van der Waals surface area contributed by atoms with Gasteiger partial charge in [-0.2, -0.15) is 0 Å². The molecule has 0 aromatic heterocycles. The lowest BCUT2D eigenvalue weighted by Crippen LogP contribution is -2.42. The Labute approximate surface area is 240 Å². The van der Waals surface area contributed by atoms with E-state index in [1.54, 1.807) is 12.2 Å². The third-order valence-corrected chi connectivity index (χ3v) is 6.90. The molecule has 0 saturated carbocycles. The molecule has 1 aliphatic carbocycles. The molecule has 4 N–H and O–H groups in total. The van der Waals surface area contributed by atoms with Crippen molar-refractivity contribution >= 4 is 17.5 Å². The fourth-order valence-corrected chi connectivity index (χ4v) is 4.35. The molecular weight excluding hydrogens is 522 g/mol. The molecule has 0 amide bonds. The Balaban J connectivity index is 1.92. The van der Waals surface area contributed by atoms with Gasteiger partial charge in [0.1, 0.15) is 11.3 Å². The van der Waals surface area contributed by atoms with Crippen LogP contribution in [0, 0.1) is 5.92 Å². The third-order valence-electron chi connectivity index (χ3n) is 6.90. The van der Waals surface area contributed by atoms with E-state index < -0.39 is 41.6 Å². The fourth-order valence-electron chi connectivity index (χ4n) is 4.35. The van der Waals surface area contributed by atoms with Crippen LogP contribution in [0.1, 0.15) is 39.2 Å². The monoisotopic (exact) mass is 559 g/mol. The molecule has 8 heteroatoms. The van der Waals surface area contributed by atoms with Gasteiger partial charge < -0.3 is 25.4 Å². The molecule has 1 aromatic carbocycles. The molecule has 0 fully saturated rings. The summed E-state index contributed by atoms with van der Waals surface area (Å²) in [5.41, 5.74) is -0.483. The molecule has 1 aliphatic heterocycles. The van der Waals surface area contributed by atoms with Crippen LogP contribution < -0.4 is 5.32 Å². The molecule has 0 saturated heterocycles. The lowest BCUT2D eigenvalue weighted by Gasteiger charge is -2.31. The van der Waals surface area contributed by atoms with Crippen LogP contribution in [0.25, 0.3) is 0 Å². The number of carbonyl (C=O) groups is 3. The maximum atomic E-state index is 13.7. The van der Waals surface area contributed by atoms with Crippen LogP contribution in [0.15, 0.2) is 113 Å². The molecule has 216 valence electrons. The van der Waals surface area contributed by atoms with Gasteiger partial charge in [0, 0.05) is 36.4 Å². The van der Waals surface area contributed by atoms with Crippen molar-refractivity contribution in [3.05, 3.63) is 119 Å². The normalized spacial score (nSPS) is 22.0. The van der Waals surface area contributed by atoms with Gasteiger partial charge in [-0.15, -0.1) is 0 Å². The largest absolute Gasteiger partial charge is 0.507 e. The van der Waals surface area contributed by atoms with E-state index in [2.05, 4.69) is 19.2 Å². The number of aliphatic hydroxyl groups excluding tert-OH is 3. The van der Waals surface area contributed by atoms with Crippen molar-refractivity contribution in [1.29, 1.82) is 0 Å². The summed E-state index contributed by atoms with van der Waals surface area (Å²) in [5.74, 6) is -2.27. The Morgan fingerprint density at radius 1 is 1.12 bits per heavy atom. The van der Waals surface area contributed by atoms with Gasteiger partial charge in [-0.25, -0.2) is 4.79 Å². The third kappa shape index (κ3) is 7.90. The number of Topliss-reactive ketones (excluding diaryl/α,β-unsaturated/α-hetero) is 1. The van der Waals surface area contributed by atoms with Crippen LogP contribution in [0.2, 0.25) is 0 Å². The molecule has 1 heterocycles. The van der Waals surface area contributed by atoms with Gasteiger partial charge in [0.15, 0.2) is 11.4 Å². The molecule has 1 aromatic rings. The zero-order chi connectivity index (χ0) is 30.0. The fraction of sp³-hybridized carbons (Fsp3) is 0.303. The van der Waals surface area contributed by atoms with E-state index in [4.69, 9.17) is 4.74 Å². The van der Waals surface area contributed by atoms with Crippen LogP contribution in [0.5, 0.6) is 0 Å². The topological polar surface area (TPSA) is 133 Å². The highest BCUT2D eigenvalue weighted by Crippen LogP contribution is 2.44. The van der Waals surface area contributed by atoms with Crippen molar-refractivity contribution in [2.45, 2.75) is 51.9 Å². The number of fused-ring (bicyclic) bond motifs is 1. The van der Waals surface area contributed by atoms with Crippen molar-refractivity contribution in [3.63, 3.8) is 0 Å². The van der Waals surface area contributed by atoms with Crippen molar-refractivity contribution in [2.75, 3.05) is 6.61 Å². The van der Waals surface area contributed by atoms with Crippen LogP contribution in [-0.4, -0.2) is 51.2 Å². The average Bonchev–Trinajstić information content (AvgIpc) is 3.22. The Morgan fingerprint density at radius 2 is 1.83 bits per heavy atom. The molecule has 41 heavy (non-hydrogen) atoms. The standard InChI is InChI=1S/C33H37NO7/c1-4-22(2)12-8-5-6-11-15-25(36)18-29(38)30-28-17-24(16-26(37)21-35)27(31(39)33(28,3)41-32(30)40)20-34-19-23-13-9-7-10-14-23/h5-15,17-18,20,22,26,34-35,37-38H,4,16,19,21H2,1-3H3/b6-5+,12-8+,15-11+,27-20-,29-18-/t22?,26?,33-/m1/s1. The Hall–Kier alpha value is -4.27. The summed E-state index contributed by atoms with van der Waals surface area (Å²) in [7, 11) is 0. The van der Waals surface area contributed by atoms with E-state index in [0.29, 0.717) is 18.0 Å². The summed E-state index contributed by atoms with van der Waals surface area (Å²) >= 11 is 0. The van der Waals surface area contributed by atoms with Gasteiger partial charge in [-0.05, 0) is 36.1 Å².